The van der Waals surface area contributed by atoms with Gasteiger partial charge in [-0.1, -0.05) is 12.1 Å². The second kappa shape index (κ2) is 8.23. The lowest BCUT2D eigenvalue weighted by Gasteiger charge is -2.10. The first-order chi connectivity index (χ1) is 12.5. The summed E-state index contributed by atoms with van der Waals surface area (Å²) in [5, 5.41) is 2.92. The van der Waals surface area contributed by atoms with Gasteiger partial charge in [0, 0.05) is 30.9 Å². The zero-order valence-corrected chi connectivity index (χ0v) is 14.8. The summed E-state index contributed by atoms with van der Waals surface area (Å²) in [7, 11) is 0. The Morgan fingerprint density at radius 3 is 2.62 bits per heavy atom. The molecule has 0 aliphatic carbocycles. The van der Waals surface area contributed by atoms with Crippen LogP contribution < -0.4 is 5.32 Å². The van der Waals surface area contributed by atoms with Crippen molar-refractivity contribution in [3.63, 3.8) is 0 Å². The van der Waals surface area contributed by atoms with Crippen LogP contribution in [0, 0.1) is 11.7 Å². The largest absolute Gasteiger partial charge is 0.381 e. The summed E-state index contributed by atoms with van der Waals surface area (Å²) in [6.45, 7) is 3.65. The molecule has 1 saturated heterocycles. The Morgan fingerprint density at radius 2 is 1.96 bits per heavy atom. The van der Waals surface area contributed by atoms with Gasteiger partial charge in [-0.05, 0) is 67.1 Å². The molecule has 26 heavy (non-hydrogen) atoms. The van der Waals surface area contributed by atoms with E-state index in [1.54, 1.807) is 24.3 Å². The molecule has 0 radical (unpaired) electrons. The number of Topliss-reactive ketones (excluding diaryl/α,β-unsaturated/α-hetero) is 1. The molecule has 1 atom stereocenters. The summed E-state index contributed by atoms with van der Waals surface area (Å²) < 4.78 is 18.9. The maximum Gasteiger partial charge on any atom is 0.251 e. The van der Waals surface area contributed by atoms with Crippen LogP contribution in [0.1, 0.15) is 40.5 Å². The van der Waals surface area contributed by atoms with E-state index < -0.39 is 5.82 Å². The van der Waals surface area contributed by atoms with Crippen LogP contribution in [0.15, 0.2) is 42.5 Å². The minimum Gasteiger partial charge on any atom is -0.381 e. The molecule has 0 saturated carbocycles. The lowest BCUT2D eigenvalue weighted by molar-refractivity contribution is 0.0949. The van der Waals surface area contributed by atoms with Gasteiger partial charge in [0.25, 0.3) is 5.91 Å². The molecule has 4 nitrogen and oxygen atoms in total. The average Bonchev–Trinajstić information content (AvgIpc) is 3.15. The summed E-state index contributed by atoms with van der Waals surface area (Å²) in [5.74, 6) is -0.141. The fourth-order valence-electron chi connectivity index (χ4n) is 3.17. The van der Waals surface area contributed by atoms with E-state index in [0.717, 1.165) is 26.1 Å². The van der Waals surface area contributed by atoms with Crippen molar-refractivity contribution < 1.29 is 18.7 Å². The summed E-state index contributed by atoms with van der Waals surface area (Å²) in [5.41, 5.74) is 2.24. The van der Waals surface area contributed by atoms with Crippen molar-refractivity contribution in [2.75, 3.05) is 19.8 Å². The fourth-order valence-corrected chi connectivity index (χ4v) is 3.17. The smallest absolute Gasteiger partial charge is 0.251 e. The number of benzene rings is 2. The topological polar surface area (TPSA) is 55.4 Å². The molecule has 5 heteroatoms. The first-order valence-corrected chi connectivity index (χ1v) is 8.81. The molecule has 2 aromatic rings. The average molecular weight is 355 g/mol. The third kappa shape index (κ3) is 4.35. The van der Waals surface area contributed by atoms with Crippen molar-refractivity contribution in [1.29, 1.82) is 0 Å². The number of hydrogen-bond acceptors (Lipinski definition) is 3. The van der Waals surface area contributed by atoms with Crippen LogP contribution >= 0.6 is 0 Å². The number of ketones is 1. The predicted octanol–water partition coefficient (Wildman–Crippen LogP) is 3.85. The number of halogens is 1. The molecule has 1 aliphatic heterocycles. The normalized spacial score (nSPS) is 16.5. The minimum atomic E-state index is -0.400. The van der Waals surface area contributed by atoms with Gasteiger partial charge in [0.1, 0.15) is 5.82 Å². The number of hydrogen-bond donors (Lipinski definition) is 1. The van der Waals surface area contributed by atoms with Crippen LogP contribution in [-0.4, -0.2) is 31.4 Å². The van der Waals surface area contributed by atoms with E-state index in [-0.39, 0.29) is 11.7 Å². The third-order valence-corrected chi connectivity index (χ3v) is 4.68. The molecule has 0 aromatic heterocycles. The molecule has 1 aliphatic rings. The van der Waals surface area contributed by atoms with Gasteiger partial charge in [0.2, 0.25) is 0 Å². The Balaban J connectivity index is 1.67. The zero-order chi connectivity index (χ0) is 18.5. The lowest BCUT2D eigenvalue weighted by Crippen LogP contribution is -2.26. The van der Waals surface area contributed by atoms with Gasteiger partial charge in [-0.15, -0.1) is 0 Å². The van der Waals surface area contributed by atoms with Gasteiger partial charge in [-0.2, -0.15) is 0 Å². The minimum absolute atomic E-state index is 0.127. The van der Waals surface area contributed by atoms with Crippen LogP contribution in [0.4, 0.5) is 4.39 Å². The van der Waals surface area contributed by atoms with Gasteiger partial charge in [0.05, 0.1) is 0 Å². The lowest BCUT2D eigenvalue weighted by atomic mass is 9.96. The summed E-state index contributed by atoms with van der Waals surface area (Å²) in [6.07, 6.45) is 1.96. The Labute approximate surface area is 152 Å². The number of carbonyl (C=O) groups excluding carboxylic acids is 2. The summed E-state index contributed by atoms with van der Waals surface area (Å²) in [4.78, 5) is 24.0. The number of rotatable bonds is 6. The van der Waals surface area contributed by atoms with Gasteiger partial charge in [0.15, 0.2) is 5.78 Å². The SMILES string of the molecule is CC(=O)c1ccc(F)cc1-c1ccc(C(=O)NCCC2CCOC2)cc1. The van der Waals surface area contributed by atoms with Crippen LogP contribution in [-0.2, 0) is 4.74 Å². The highest BCUT2D eigenvalue weighted by Crippen LogP contribution is 2.25. The van der Waals surface area contributed by atoms with E-state index in [4.69, 9.17) is 4.74 Å². The Bertz CT molecular complexity index is 795. The number of ether oxygens (including phenoxy) is 1. The second-order valence-corrected chi connectivity index (χ2v) is 6.60. The van der Waals surface area contributed by atoms with Gasteiger partial charge in [-0.3, -0.25) is 9.59 Å². The highest BCUT2D eigenvalue weighted by molar-refractivity contribution is 6.01. The van der Waals surface area contributed by atoms with Gasteiger partial charge >= 0.3 is 0 Å². The number of carbonyl (C=O) groups is 2. The monoisotopic (exact) mass is 355 g/mol. The molecule has 3 rings (SSSR count). The predicted molar refractivity (Wildman–Crippen MR) is 97.7 cm³/mol. The number of nitrogens with one attached hydrogen (secondary N) is 1. The van der Waals surface area contributed by atoms with E-state index in [1.165, 1.54) is 25.1 Å². The second-order valence-electron chi connectivity index (χ2n) is 6.60. The van der Waals surface area contributed by atoms with Gasteiger partial charge in [-0.25, -0.2) is 4.39 Å². The highest BCUT2D eigenvalue weighted by Gasteiger charge is 2.16. The van der Waals surface area contributed by atoms with Crippen LogP contribution in [0.3, 0.4) is 0 Å². The van der Waals surface area contributed by atoms with Crippen LogP contribution in [0.25, 0.3) is 11.1 Å². The Morgan fingerprint density at radius 1 is 1.19 bits per heavy atom. The molecule has 0 bridgehead atoms. The molecule has 1 unspecified atom stereocenters. The van der Waals surface area contributed by atoms with Crippen LogP contribution in [0.5, 0.6) is 0 Å². The van der Waals surface area contributed by atoms with Crippen molar-refractivity contribution in [3.05, 3.63) is 59.4 Å². The molecule has 136 valence electrons. The van der Waals surface area contributed by atoms with Crippen molar-refractivity contribution in [2.45, 2.75) is 19.8 Å². The van der Waals surface area contributed by atoms with Crippen molar-refractivity contribution in [1.82, 2.24) is 5.32 Å². The highest BCUT2D eigenvalue weighted by atomic mass is 19.1. The summed E-state index contributed by atoms with van der Waals surface area (Å²) in [6, 6.07) is 11.0. The maximum atomic E-state index is 13.6. The molecule has 1 fully saturated rings. The van der Waals surface area contributed by atoms with Gasteiger partial charge < -0.3 is 10.1 Å². The van der Waals surface area contributed by atoms with E-state index in [9.17, 15) is 14.0 Å². The van der Waals surface area contributed by atoms with E-state index in [1.807, 2.05) is 0 Å². The number of amides is 1. The zero-order valence-electron chi connectivity index (χ0n) is 14.8. The molecule has 1 amide bonds. The molecular formula is C21H22FNO3. The molecular weight excluding hydrogens is 333 g/mol. The van der Waals surface area contributed by atoms with Crippen molar-refractivity contribution in [2.24, 2.45) is 5.92 Å². The van der Waals surface area contributed by atoms with Crippen LogP contribution in [0.2, 0.25) is 0 Å². The standard InChI is InChI=1S/C21H22FNO3/c1-14(24)19-7-6-18(22)12-20(19)16-2-4-17(5-3-16)21(25)23-10-8-15-9-11-26-13-15/h2-7,12,15H,8-11,13H2,1H3,(H,23,25). The van der Waals surface area contributed by atoms with E-state index in [2.05, 4.69) is 5.32 Å². The fraction of sp³-hybridized carbons (Fsp3) is 0.333. The Kier molecular flexibility index (Phi) is 5.78. The first kappa shape index (κ1) is 18.3. The third-order valence-electron chi connectivity index (χ3n) is 4.68. The molecule has 2 aromatic carbocycles. The summed E-state index contributed by atoms with van der Waals surface area (Å²) >= 11 is 0. The Hall–Kier alpha value is -2.53. The van der Waals surface area contributed by atoms with Crippen molar-refractivity contribution in [3.8, 4) is 11.1 Å². The first-order valence-electron chi connectivity index (χ1n) is 8.81. The van der Waals surface area contributed by atoms with E-state index >= 15 is 0 Å². The quantitative estimate of drug-likeness (QED) is 0.801. The molecule has 0 spiro atoms. The van der Waals surface area contributed by atoms with E-state index in [0.29, 0.717) is 34.7 Å². The maximum absolute atomic E-state index is 13.6. The molecule has 1 heterocycles. The molecule has 1 N–H and O–H groups in total. The van der Waals surface area contributed by atoms with Crippen molar-refractivity contribution >= 4 is 11.7 Å².